The zero-order valence-electron chi connectivity index (χ0n) is 21.8. The Hall–Kier alpha value is -6.19. The first kappa shape index (κ1) is 28.3. The summed E-state index contributed by atoms with van der Waals surface area (Å²) in [6, 6.07) is 10.8. The van der Waals surface area contributed by atoms with Gasteiger partial charge in [-0.3, -0.25) is 23.7 Å². The number of nitrogen functional groups attached to an aromatic ring is 1. The number of nitrogens with zero attached hydrogens (tertiary/aromatic N) is 3. The van der Waals surface area contributed by atoms with Crippen molar-refractivity contribution >= 4 is 34.9 Å². The van der Waals surface area contributed by atoms with Crippen LogP contribution in [-0.2, 0) is 19.6 Å². The molecule has 0 atom stereocenters. The molecular formula is C27H20FN7O8. The highest BCUT2D eigenvalue weighted by Gasteiger charge is 2.21. The summed E-state index contributed by atoms with van der Waals surface area (Å²) in [5, 5.41) is 20.3. The molecule has 43 heavy (non-hydrogen) atoms. The molecule has 2 aromatic heterocycles. The Bertz CT molecular complexity index is 2040. The molecule has 0 saturated heterocycles. The quantitative estimate of drug-likeness (QED) is 0.137. The first-order valence-electron chi connectivity index (χ1n) is 12.4. The number of nitrogens with one attached hydrogen (secondary N) is 3. The van der Waals surface area contributed by atoms with Gasteiger partial charge < -0.3 is 26.8 Å². The molecule has 0 bridgehead atoms. The van der Waals surface area contributed by atoms with Gasteiger partial charge >= 0.3 is 11.7 Å². The summed E-state index contributed by atoms with van der Waals surface area (Å²) < 4.78 is 19.7. The smallest absolute Gasteiger partial charge is 0.448 e. The second kappa shape index (κ2) is 11.4. The molecule has 0 aliphatic rings. The van der Waals surface area contributed by atoms with Gasteiger partial charge in [0, 0.05) is 25.2 Å². The third-order valence-electron chi connectivity index (χ3n) is 6.41. The lowest BCUT2D eigenvalue weighted by atomic mass is 10.1. The number of rotatable bonds is 10. The number of hydrogen-bond donors (Lipinski definition) is 5. The van der Waals surface area contributed by atoms with Crippen molar-refractivity contribution in [2.24, 2.45) is 0 Å². The van der Waals surface area contributed by atoms with Crippen LogP contribution in [-0.4, -0.2) is 37.4 Å². The molecule has 218 valence electrons. The van der Waals surface area contributed by atoms with Crippen LogP contribution in [0.15, 0.2) is 67.4 Å². The normalized spacial score (nSPS) is 11.0. The molecule has 0 aliphatic heterocycles. The molecule has 0 fully saturated rings. The number of nitrogens with two attached hydrogens (primary N) is 1. The summed E-state index contributed by atoms with van der Waals surface area (Å²) in [6.45, 7) is -0.273. The number of halogens is 1. The van der Waals surface area contributed by atoms with Gasteiger partial charge in [0.1, 0.15) is 28.6 Å². The number of benzene rings is 2. The van der Waals surface area contributed by atoms with Gasteiger partial charge in [-0.25, -0.2) is 23.4 Å². The van der Waals surface area contributed by atoms with E-state index in [9.17, 15) is 33.2 Å². The van der Waals surface area contributed by atoms with Crippen LogP contribution >= 0.6 is 0 Å². The number of aromatic nitrogens is 3. The Labute approximate surface area is 238 Å². The number of carboxylic acids is 1. The number of carboxylic acid groups (broad SMARTS) is 1. The minimum Gasteiger partial charge on any atom is -0.478 e. The number of amides is 2. The van der Waals surface area contributed by atoms with Gasteiger partial charge in [-0.2, -0.15) is 0 Å². The molecule has 2 amide bonds. The standard InChI is InChI=1S/C27H20FN7O8/c28-16-6-3-13(7-15(16)11-30-20-19(29)21(36)22(20)37)10-31-23(38)17-8-18(35-26(33-17)34-43-27(35)42)24(39)32-9-12-1-4-14(5-2-12)25(40)41/h1-8,30H,9-11,29H2,(H,31,38)(H,32,39)(H,40,41). The van der Waals surface area contributed by atoms with Crippen molar-refractivity contribution in [1.82, 2.24) is 25.2 Å². The van der Waals surface area contributed by atoms with E-state index in [1.807, 2.05) is 0 Å². The van der Waals surface area contributed by atoms with Crippen LogP contribution in [0.3, 0.4) is 0 Å². The van der Waals surface area contributed by atoms with Gasteiger partial charge in [-0.05, 0) is 46.6 Å². The number of hydrogen-bond acceptors (Lipinski definition) is 11. The third kappa shape index (κ3) is 5.69. The van der Waals surface area contributed by atoms with E-state index < -0.39 is 40.2 Å². The summed E-state index contributed by atoms with van der Waals surface area (Å²) in [5.74, 6) is -4.58. The fourth-order valence-corrected chi connectivity index (χ4v) is 4.09. The van der Waals surface area contributed by atoms with E-state index in [0.29, 0.717) is 11.1 Å². The Kier molecular flexibility index (Phi) is 7.49. The molecule has 15 nitrogen and oxygen atoms in total. The molecule has 16 heteroatoms. The van der Waals surface area contributed by atoms with Crippen molar-refractivity contribution in [2.45, 2.75) is 19.6 Å². The highest BCUT2D eigenvalue weighted by atomic mass is 19.1. The van der Waals surface area contributed by atoms with E-state index in [1.165, 1.54) is 36.4 Å². The molecule has 0 unspecified atom stereocenters. The zero-order chi connectivity index (χ0) is 30.8. The van der Waals surface area contributed by atoms with Crippen LogP contribution in [0.5, 0.6) is 0 Å². The first-order valence-corrected chi connectivity index (χ1v) is 12.4. The predicted molar refractivity (Wildman–Crippen MR) is 147 cm³/mol. The molecule has 5 aromatic rings. The number of anilines is 2. The summed E-state index contributed by atoms with van der Waals surface area (Å²) in [7, 11) is 0. The minimum absolute atomic E-state index is 0.0276. The van der Waals surface area contributed by atoms with Crippen LogP contribution < -0.4 is 38.3 Å². The molecule has 0 radical (unpaired) electrons. The average Bonchev–Trinajstić information content (AvgIpc) is 3.39. The Morgan fingerprint density at radius 1 is 0.907 bits per heavy atom. The van der Waals surface area contributed by atoms with Crippen molar-refractivity contribution in [2.75, 3.05) is 11.1 Å². The van der Waals surface area contributed by atoms with E-state index in [0.717, 1.165) is 16.5 Å². The van der Waals surface area contributed by atoms with Crippen LogP contribution in [0.25, 0.3) is 5.78 Å². The van der Waals surface area contributed by atoms with Crippen molar-refractivity contribution in [1.29, 1.82) is 0 Å². The molecule has 0 spiro atoms. The van der Waals surface area contributed by atoms with Gasteiger partial charge in [0.15, 0.2) is 0 Å². The topological polar surface area (TPSA) is 228 Å². The van der Waals surface area contributed by atoms with Gasteiger partial charge in [-0.15, -0.1) is 0 Å². The second-order valence-corrected chi connectivity index (χ2v) is 9.20. The highest BCUT2D eigenvalue weighted by molar-refractivity contribution is 5.98. The first-order chi connectivity index (χ1) is 20.5. The van der Waals surface area contributed by atoms with E-state index in [4.69, 9.17) is 10.8 Å². The maximum Gasteiger partial charge on any atom is 0.448 e. The van der Waals surface area contributed by atoms with E-state index in [1.54, 1.807) is 0 Å². The Morgan fingerprint density at radius 3 is 2.28 bits per heavy atom. The molecule has 3 aromatic carbocycles. The average molecular weight is 589 g/mol. The van der Waals surface area contributed by atoms with E-state index >= 15 is 0 Å². The van der Waals surface area contributed by atoms with Crippen LogP contribution in [0, 0.1) is 5.82 Å². The lowest BCUT2D eigenvalue weighted by Gasteiger charge is -2.12. The summed E-state index contributed by atoms with van der Waals surface area (Å²) >= 11 is 0. The minimum atomic E-state index is -1.10. The van der Waals surface area contributed by atoms with E-state index in [-0.39, 0.29) is 59.3 Å². The van der Waals surface area contributed by atoms with Gasteiger partial charge in [-0.1, -0.05) is 18.2 Å². The van der Waals surface area contributed by atoms with Gasteiger partial charge in [0.25, 0.3) is 28.4 Å². The third-order valence-corrected chi connectivity index (χ3v) is 6.41. The van der Waals surface area contributed by atoms with E-state index in [2.05, 4.69) is 30.6 Å². The lowest BCUT2D eigenvalue weighted by Crippen LogP contribution is -2.37. The number of aromatic carboxylic acids is 1. The van der Waals surface area contributed by atoms with Crippen molar-refractivity contribution in [3.8, 4) is 0 Å². The monoisotopic (exact) mass is 589 g/mol. The summed E-state index contributed by atoms with van der Waals surface area (Å²) in [4.78, 5) is 76.0. The van der Waals surface area contributed by atoms with Crippen molar-refractivity contribution in [3.05, 3.63) is 119 Å². The zero-order valence-corrected chi connectivity index (χ0v) is 21.8. The van der Waals surface area contributed by atoms with Crippen molar-refractivity contribution in [3.63, 3.8) is 0 Å². The predicted octanol–water partition coefficient (Wildman–Crippen LogP) is 0.170. The molecular weight excluding hydrogens is 569 g/mol. The number of fused-ring (bicyclic) bond motifs is 1. The largest absolute Gasteiger partial charge is 0.478 e. The molecule has 0 aliphatic carbocycles. The van der Waals surface area contributed by atoms with Crippen LogP contribution in [0.4, 0.5) is 15.8 Å². The maximum atomic E-state index is 14.3. The molecule has 2 heterocycles. The Morgan fingerprint density at radius 2 is 1.58 bits per heavy atom. The lowest BCUT2D eigenvalue weighted by molar-refractivity contribution is 0.0696. The SMILES string of the molecule is Nc1c(NCc2cc(CNC(=O)c3cc(C(=O)NCc4ccc(C(=O)O)cc4)n4c(=O)onc4n3)ccc2F)c(=O)c1=O. The number of carbonyl (C=O) groups is 3. The van der Waals surface area contributed by atoms with Gasteiger partial charge in [0.05, 0.1) is 5.56 Å². The molecule has 6 N–H and O–H groups in total. The van der Waals surface area contributed by atoms with Crippen LogP contribution in [0.1, 0.15) is 48.0 Å². The second-order valence-electron chi connectivity index (χ2n) is 9.20. The maximum absolute atomic E-state index is 14.3. The molecule has 0 saturated carbocycles. The fourth-order valence-electron chi connectivity index (χ4n) is 4.09. The number of carbonyl (C=O) groups excluding carboxylic acids is 2. The fraction of sp³-hybridized carbons (Fsp3) is 0.111. The molecule has 5 rings (SSSR count). The summed E-state index contributed by atoms with van der Waals surface area (Å²) in [5.41, 5.74) is 4.23. The van der Waals surface area contributed by atoms with Crippen LogP contribution in [0.2, 0.25) is 0 Å². The Balaban J connectivity index is 1.29. The highest BCUT2D eigenvalue weighted by Crippen LogP contribution is 2.16. The van der Waals surface area contributed by atoms with Crippen molar-refractivity contribution < 1.29 is 28.4 Å². The summed E-state index contributed by atoms with van der Waals surface area (Å²) in [6.07, 6.45) is 0. The van der Waals surface area contributed by atoms with Gasteiger partial charge in [0.2, 0.25) is 0 Å².